The lowest BCUT2D eigenvalue weighted by molar-refractivity contribution is 0.809. The van der Waals surface area contributed by atoms with E-state index < -0.39 is 0 Å². The van der Waals surface area contributed by atoms with Crippen LogP contribution in [-0.4, -0.2) is 4.57 Å². The number of nitrogens with zero attached hydrogens (tertiary/aromatic N) is 1. The van der Waals surface area contributed by atoms with Crippen LogP contribution in [0.25, 0.3) is 0 Å². The molecular weight excluding hydrogens is 154 g/mol. The Morgan fingerprint density at radius 3 is 2.73 bits per heavy atom. The van der Waals surface area contributed by atoms with E-state index in [-0.39, 0.29) is 0 Å². The lowest BCUT2D eigenvalue weighted by atomic mass is 10.3. The minimum atomic E-state index is 0.997. The van der Waals surface area contributed by atoms with E-state index in [0.717, 1.165) is 6.54 Å². The van der Waals surface area contributed by atoms with Crippen LogP contribution in [0.3, 0.4) is 0 Å². The van der Waals surface area contributed by atoms with E-state index in [1.54, 1.807) is 11.3 Å². The number of rotatable bonds is 2. The van der Waals surface area contributed by atoms with Gasteiger partial charge in [0.25, 0.3) is 0 Å². The average Bonchev–Trinajstić information content (AvgIpc) is 2.60. The topological polar surface area (TPSA) is 4.93 Å². The van der Waals surface area contributed by atoms with Crippen LogP contribution in [-0.2, 0) is 6.54 Å². The largest absolute Gasteiger partial charge is 0.350 e. The van der Waals surface area contributed by atoms with Crippen LogP contribution >= 0.6 is 11.3 Å². The quantitative estimate of drug-likeness (QED) is 0.641. The molecule has 0 saturated heterocycles. The molecule has 11 heavy (non-hydrogen) atoms. The van der Waals surface area contributed by atoms with Gasteiger partial charge >= 0.3 is 0 Å². The van der Waals surface area contributed by atoms with E-state index in [0.29, 0.717) is 0 Å². The summed E-state index contributed by atoms with van der Waals surface area (Å²) in [6.45, 7) is 0.997. The zero-order chi connectivity index (χ0) is 7.52. The molecule has 0 aliphatic carbocycles. The van der Waals surface area contributed by atoms with Gasteiger partial charge in [-0.3, -0.25) is 0 Å². The molecule has 0 aliphatic rings. The van der Waals surface area contributed by atoms with Gasteiger partial charge < -0.3 is 4.57 Å². The van der Waals surface area contributed by atoms with Crippen LogP contribution in [0, 0.1) is 0 Å². The molecule has 2 aromatic heterocycles. The van der Waals surface area contributed by atoms with Crippen molar-refractivity contribution in [3.63, 3.8) is 0 Å². The molecule has 0 spiro atoms. The minimum absolute atomic E-state index is 0.997. The monoisotopic (exact) mass is 163 g/mol. The highest BCUT2D eigenvalue weighted by molar-refractivity contribution is 7.07. The molecule has 0 unspecified atom stereocenters. The Bertz CT molecular complexity index is 262. The van der Waals surface area contributed by atoms with Gasteiger partial charge in [0.15, 0.2) is 0 Å². The van der Waals surface area contributed by atoms with E-state index in [2.05, 4.69) is 33.8 Å². The van der Waals surface area contributed by atoms with Crippen molar-refractivity contribution in [2.75, 3.05) is 0 Å². The Morgan fingerprint density at radius 1 is 1.27 bits per heavy atom. The number of hydrogen-bond donors (Lipinski definition) is 0. The zero-order valence-electron chi connectivity index (χ0n) is 6.10. The van der Waals surface area contributed by atoms with Crippen LogP contribution < -0.4 is 0 Å². The Hall–Kier alpha value is -1.02. The van der Waals surface area contributed by atoms with Crippen molar-refractivity contribution < 1.29 is 0 Å². The van der Waals surface area contributed by atoms with Crippen LogP contribution in [0.15, 0.2) is 41.4 Å². The standard InChI is InChI=1S/C9H9NS/c1-2-5-10(4-1)7-9-3-6-11-8-9/h1-6,8H,7H2. The first-order valence-electron chi connectivity index (χ1n) is 3.57. The fraction of sp³-hybridized carbons (Fsp3) is 0.111. The molecule has 0 atom stereocenters. The molecule has 0 aliphatic heterocycles. The van der Waals surface area contributed by atoms with Gasteiger partial charge in [-0.05, 0) is 34.5 Å². The van der Waals surface area contributed by atoms with Crippen LogP contribution in [0.1, 0.15) is 5.56 Å². The summed E-state index contributed by atoms with van der Waals surface area (Å²) in [7, 11) is 0. The molecule has 0 bridgehead atoms. The Morgan fingerprint density at radius 2 is 2.09 bits per heavy atom. The number of aromatic nitrogens is 1. The summed E-state index contributed by atoms with van der Waals surface area (Å²) in [6.07, 6.45) is 4.16. The molecule has 2 heterocycles. The summed E-state index contributed by atoms with van der Waals surface area (Å²) in [5.74, 6) is 0. The van der Waals surface area contributed by atoms with Gasteiger partial charge in [0.1, 0.15) is 0 Å². The first-order valence-corrected chi connectivity index (χ1v) is 4.51. The third-order valence-corrected chi connectivity index (χ3v) is 2.34. The average molecular weight is 163 g/mol. The predicted molar refractivity (Wildman–Crippen MR) is 47.9 cm³/mol. The summed E-state index contributed by atoms with van der Waals surface area (Å²) in [5.41, 5.74) is 1.38. The molecule has 2 heteroatoms. The van der Waals surface area contributed by atoms with Gasteiger partial charge in [0, 0.05) is 18.9 Å². The second kappa shape index (κ2) is 2.93. The number of thiophene rings is 1. The van der Waals surface area contributed by atoms with Crippen molar-refractivity contribution >= 4 is 11.3 Å². The van der Waals surface area contributed by atoms with E-state index >= 15 is 0 Å². The van der Waals surface area contributed by atoms with E-state index in [9.17, 15) is 0 Å². The Balaban J connectivity index is 2.14. The smallest absolute Gasteiger partial charge is 0.0478 e. The van der Waals surface area contributed by atoms with Gasteiger partial charge in [0.2, 0.25) is 0 Å². The summed E-state index contributed by atoms with van der Waals surface area (Å²) in [5, 5.41) is 4.29. The molecule has 2 rings (SSSR count). The molecule has 2 aromatic rings. The van der Waals surface area contributed by atoms with Gasteiger partial charge in [0.05, 0.1) is 0 Å². The molecular formula is C9H9NS. The lowest BCUT2D eigenvalue weighted by Gasteiger charge is -1.97. The van der Waals surface area contributed by atoms with E-state index in [1.165, 1.54) is 5.56 Å². The van der Waals surface area contributed by atoms with Gasteiger partial charge in [-0.15, -0.1) is 0 Å². The molecule has 56 valence electrons. The normalized spacial score (nSPS) is 10.2. The third kappa shape index (κ3) is 1.52. The lowest BCUT2D eigenvalue weighted by Crippen LogP contribution is -1.92. The van der Waals surface area contributed by atoms with E-state index in [1.807, 2.05) is 12.1 Å². The number of hydrogen-bond acceptors (Lipinski definition) is 1. The van der Waals surface area contributed by atoms with E-state index in [4.69, 9.17) is 0 Å². The fourth-order valence-corrected chi connectivity index (χ4v) is 1.73. The van der Waals surface area contributed by atoms with Crippen molar-refractivity contribution in [3.05, 3.63) is 46.9 Å². The van der Waals surface area contributed by atoms with Crippen molar-refractivity contribution in [3.8, 4) is 0 Å². The minimum Gasteiger partial charge on any atom is -0.350 e. The summed E-state index contributed by atoms with van der Waals surface area (Å²) >= 11 is 1.75. The second-order valence-electron chi connectivity index (χ2n) is 2.49. The summed E-state index contributed by atoms with van der Waals surface area (Å²) < 4.78 is 2.17. The van der Waals surface area contributed by atoms with Crippen LogP contribution in [0.4, 0.5) is 0 Å². The van der Waals surface area contributed by atoms with Gasteiger partial charge in [-0.1, -0.05) is 0 Å². The Labute approximate surface area is 69.9 Å². The highest BCUT2D eigenvalue weighted by Gasteiger charge is 1.91. The Kier molecular flexibility index (Phi) is 1.78. The summed E-state index contributed by atoms with van der Waals surface area (Å²) in [6, 6.07) is 6.25. The van der Waals surface area contributed by atoms with Crippen molar-refractivity contribution in [1.82, 2.24) is 4.57 Å². The highest BCUT2D eigenvalue weighted by atomic mass is 32.1. The van der Waals surface area contributed by atoms with Crippen molar-refractivity contribution in [2.45, 2.75) is 6.54 Å². The van der Waals surface area contributed by atoms with Gasteiger partial charge in [-0.2, -0.15) is 11.3 Å². The van der Waals surface area contributed by atoms with Crippen molar-refractivity contribution in [1.29, 1.82) is 0 Å². The zero-order valence-corrected chi connectivity index (χ0v) is 6.92. The molecule has 0 amide bonds. The van der Waals surface area contributed by atoms with Crippen molar-refractivity contribution in [2.24, 2.45) is 0 Å². The maximum atomic E-state index is 2.18. The third-order valence-electron chi connectivity index (χ3n) is 1.61. The molecule has 1 nitrogen and oxygen atoms in total. The molecule has 0 fully saturated rings. The summed E-state index contributed by atoms with van der Waals surface area (Å²) in [4.78, 5) is 0. The predicted octanol–water partition coefficient (Wildman–Crippen LogP) is 2.60. The molecule has 0 radical (unpaired) electrons. The molecule has 0 saturated carbocycles. The first-order chi connectivity index (χ1) is 5.45. The molecule has 0 aromatic carbocycles. The van der Waals surface area contributed by atoms with Crippen LogP contribution in [0.5, 0.6) is 0 Å². The maximum absolute atomic E-state index is 2.18. The maximum Gasteiger partial charge on any atom is 0.0478 e. The second-order valence-corrected chi connectivity index (χ2v) is 3.27. The van der Waals surface area contributed by atoms with Gasteiger partial charge in [-0.25, -0.2) is 0 Å². The highest BCUT2D eigenvalue weighted by Crippen LogP contribution is 2.07. The fourth-order valence-electron chi connectivity index (χ4n) is 1.07. The first kappa shape index (κ1) is 6.68. The van der Waals surface area contributed by atoms with Crippen LogP contribution in [0.2, 0.25) is 0 Å². The molecule has 0 N–H and O–H groups in total. The SMILES string of the molecule is c1ccn(Cc2ccsc2)c1.